The summed E-state index contributed by atoms with van der Waals surface area (Å²) in [5.41, 5.74) is 2.82. The summed E-state index contributed by atoms with van der Waals surface area (Å²) >= 11 is 0. The predicted molar refractivity (Wildman–Crippen MR) is 99.6 cm³/mol. The fourth-order valence-electron chi connectivity index (χ4n) is 3.30. The molecule has 0 atom stereocenters. The molecular weight excluding hydrogens is 328 g/mol. The summed E-state index contributed by atoms with van der Waals surface area (Å²) in [6.45, 7) is 1.37. The van der Waals surface area contributed by atoms with Gasteiger partial charge in [0.25, 0.3) is 0 Å². The lowest BCUT2D eigenvalue weighted by Crippen LogP contribution is -2.28. The zero-order chi connectivity index (χ0) is 17.9. The molecule has 0 aliphatic carbocycles. The van der Waals surface area contributed by atoms with Crippen molar-refractivity contribution < 1.29 is 9.59 Å². The Balaban J connectivity index is 1.39. The maximum Gasteiger partial charge on any atom is 0.242 e. The van der Waals surface area contributed by atoms with E-state index in [0.717, 1.165) is 35.1 Å². The summed E-state index contributed by atoms with van der Waals surface area (Å²) in [7, 11) is 0. The Bertz CT molecular complexity index is 963. The molecule has 132 valence electrons. The van der Waals surface area contributed by atoms with Gasteiger partial charge in [0, 0.05) is 30.6 Å². The van der Waals surface area contributed by atoms with Crippen LogP contribution < -0.4 is 10.2 Å². The van der Waals surface area contributed by atoms with E-state index in [1.165, 1.54) is 0 Å². The number of carbonyl (C=O) groups excluding carboxylic acids is 2. The van der Waals surface area contributed by atoms with Gasteiger partial charge in [0.1, 0.15) is 6.54 Å². The molecule has 6 heteroatoms. The first-order valence-corrected chi connectivity index (χ1v) is 8.77. The number of hydrogen-bond donors (Lipinski definition) is 1. The Hall–Kier alpha value is -3.15. The first-order valence-electron chi connectivity index (χ1n) is 8.77. The van der Waals surface area contributed by atoms with E-state index in [-0.39, 0.29) is 18.4 Å². The van der Waals surface area contributed by atoms with Crippen LogP contribution >= 0.6 is 0 Å². The van der Waals surface area contributed by atoms with E-state index in [9.17, 15) is 9.59 Å². The highest BCUT2D eigenvalue weighted by molar-refractivity contribution is 5.95. The van der Waals surface area contributed by atoms with Crippen LogP contribution in [0.5, 0.6) is 0 Å². The second-order valence-electron chi connectivity index (χ2n) is 6.46. The third kappa shape index (κ3) is 3.31. The molecule has 3 aromatic rings. The molecule has 0 bridgehead atoms. The van der Waals surface area contributed by atoms with Gasteiger partial charge in [0.2, 0.25) is 11.8 Å². The van der Waals surface area contributed by atoms with Crippen molar-refractivity contribution in [3.63, 3.8) is 0 Å². The highest BCUT2D eigenvalue weighted by atomic mass is 16.2. The Morgan fingerprint density at radius 3 is 2.88 bits per heavy atom. The molecule has 4 rings (SSSR count). The average Bonchev–Trinajstić information content (AvgIpc) is 3.27. The number of fused-ring (bicyclic) bond motifs is 1. The lowest BCUT2D eigenvalue weighted by atomic mass is 10.2. The normalized spacial score (nSPS) is 14.2. The predicted octanol–water partition coefficient (Wildman–Crippen LogP) is 2.48. The number of nitrogens with zero attached hydrogens (tertiary/aromatic N) is 3. The van der Waals surface area contributed by atoms with E-state index in [0.29, 0.717) is 13.0 Å². The summed E-state index contributed by atoms with van der Waals surface area (Å²) in [6, 6.07) is 15.6. The van der Waals surface area contributed by atoms with Crippen LogP contribution in [-0.2, 0) is 22.7 Å². The van der Waals surface area contributed by atoms with Crippen molar-refractivity contribution in [2.45, 2.75) is 25.9 Å². The van der Waals surface area contributed by atoms with Crippen molar-refractivity contribution in [3.05, 3.63) is 60.3 Å². The first-order chi connectivity index (χ1) is 12.7. The first kappa shape index (κ1) is 16.3. The molecule has 2 aromatic carbocycles. The van der Waals surface area contributed by atoms with Gasteiger partial charge < -0.3 is 10.2 Å². The van der Waals surface area contributed by atoms with Crippen LogP contribution in [-0.4, -0.2) is 28.1 Å². The van der Waals surface area contributed by atoms with Gasteiger partial charge in [-0.05, 0) is 30.2 Å². The van der Waals surface area contributed by atoms with Gasteiger partial charge in [-0.2, -0.15) is 5.10 Å². The highest BCUT2D eigenvalue weighted by Gasteiger charge is 2.21. The molecule has 1 aromatic heterocycles. The fourth-order valence-corrected chi connectivity index (χ4v) is 3.30. The van der Waals surface area contributed by atoms with Crippen LogP contribution in [0, 0.1) is 0 Å². The summed E-state index contributed by atoms with van der Waals surface area (Å²) in [5.74, 6) is 0.0678. The molecule has 1 aliphatic rings. The minimum absolute atomic E-state index is 0.0958. The molecule has 1 N–H and O–H groups in total. The van der Waals surface area contributed by atoms with Gasteiger partial charge in [-0.3, -0.25) is 14.3 Å². The number of hydrogen-bond acceptors (Lipinski definition) is 3. The van der Waals surface area contributed by atoms with Gasteiger partial charge in [-0.1, -0.05) is 30.3 Å². The summed E-state index contributed by atoms with van der Waals surface area (Å²) < 4.78 is 1.70. The third-order valence-electron chi connectivity index (χ3n) is 4.63. The second-order valence-corrected chi connectivity index (χ2v) is 6.46. The monoisotopic (exact) mass is 348 g/mol. The smallest absolute Gasteiger partial charge is 0.242 e. The van der Waals surface area contributed by atoms with E-state index in [1.54, 1.807) is 15.8 Å². The van der Waals surface area contributed by atoms with E-state index < -0.39 is 0 Å². The largest absolute Gasteiger partial charge is 0.350 e. The van der Waals surface area contributed by atoms with Crippen LogP contribution in [0.25, 0.3) is 10.9 Å². The summed E-state index contributed by atoms with van der Waals surface area (Å²) in [5, 5.41) is 8.22. The maximum absolute atomic E-state index is 12.3. The molecule has 0 spiro atoms. The maximum atomic E-state index is 12.3. The number of rotatable bonds is 5. The van der Waals surface area contributed by atoms with E-state index >= 15 is 0 Å². The van der Waals surface area contributed by atoms with Crippen LogP contribution in [0.4, 0.5) is 5.69 Å². The molecule has 2 heterocycles. The third-order valence-corrected chi connectivity index (χ3v) is 4.63. The Labute approximate surface area is 151 Å². The highest BCUT2D eigenvalue weighted by Crippen LogP contribution is 2.22. The van der Waals surface area contributed by atoms with Gasteiger partial charge in [0.15, 0.2) is 0 Å². The molecular formula is C20H20N4O2. The molecule has 1 aliphatic heterocycles. The number of nitrogens with one attached hydrogen (secondary N) is 1. The van der Waals surface area contributed by atoms with Crippen molar-refractivity contribution in [2.24, 2.45) is 0 Å². The molecule has 1 fully saturated rings. The van der Waals surface area contributed by atoms with E-state index in [1.807, 2.05) is 48.5 Å². The van der Waals surface area contributed by atoms with Crippen molar-refractivity contribution >= 4 is 28.4 Å². The zero-order valence-electron chi connectivity index (χ0n) is 14.4. The van der Waals surface area contributed by atoms with Crippen molar-refractivity contribution in [1.82, 2.24) is 15.1 Å². The van der Waals surface area contributed by atoms with Crippen molar-refractivity contribution in [2.75, 3.05) is 11.4 Å². The number of amides is 2. The summed E-state index contributed by atoms with van der Waals surface area (Å²) in [4.78, 5) is 26.0. The number of aromatic nitrogens is 2. The summed E-state index contributed by atoms with van der Waals surface area (Å²) in [6.07, 6.45) is 3.27. The Morgan fingerprint density at radius 2 is 2.04 bits per heavy atom. The van der Waals surface area contributed by atoms with Crippen LogP contribution in [0.2, 0.25) is 0 Å². The van der Waals surface area contributed by atoms with Gasteiger partial charge in [0.05, 0.1) is 11.7 Å². The fraction of sp³-hybridized carbons (Fsp3) is 0.250. The molecule has 0 saturated carbocycles. The molecule has 0 unspecified atom stereocenters. The lowest BCUT2D eigenvalue weighted by molar-refractivity contribution is -0.122. The van der Waals surface area contributed by atoms with Crippen molar-refractivity contribution in [3.8, 4) is 0 Å². The van der Waals surface area contributed by atoms with Crippen molar-refractivity contribution in [1.29, 1.82) is 0 Å². The quantitative estimate of drug-likeness (QED) is 0.770. The van der Waals surface area contributed by atoms with Gasteiger partial charge >= 0.3 is 0 Å². The number of anilines is 1. The molecule has 1 saturated heterocycles. The number of benzene rings is 2. The van der Waals surface area contributed by atoms with Crippen LogP contribution in [0.3, 0.4) is 0 Å². The van der Waals surface area contributed by atoms with Crippen LogP contribution in [0.1, 0.15) is 18.4 Å². The van der Waals surface area contributed by atoms with E-state index in [2.05, 4.69) is 10.4 Å². The number of carbonyl (C=O) groups is 2. The standard InChI is InChI=1S/C20H20N4O2/c25-19(14-24-18-8-2-1-6-16(18)13-22-24)21-12-15-5-3-7-17(11-15)23-10-4-9-20(23)26/h1-3,5-8,11,13H,4,9-10,12,14H2,(H,21,25). The lowest BCUT2D eigenvalue weighted by Gasteiger charge is -2.16. The van der Waals surface area contributed by atoms with Crippen LogP contribution in [0.15, 0.2) is 54.7 Å². The second kappa shape index (κ2) is 7.00. The Morgan fingerprint density at radius 1 is 1.15 bits per heavy atom. The molecule has 6 nitrogen and oxygen atoms in total. The minimum atomic E-state index is -0.0958. The molecule has 2 amide bonds. The average molecular weight is 348 g/mol. The Kier molecular flexibility index (Phi) is 4.39. The van der Waals surface area contributed by atoms with E-state index in [4.69, 9.17) is 0 Å². The number of para-hydroxylation sites is 1. The topological polar surface area (TPSA) is 67.2 Å². The SMILES string of the molecule is O=C(Cn1ncc2ccccc21)NCc1cccc(N2CCCC2=O)c1. The van der Waals surface area contributed by atoms with Gasteiger partial charge in [-0.15, -0.1) is 0 Å². The zero-order valence-corrected chi connectivity index (χ0v) is 14.4. The molecule has 26 heavy (non-hydrogen) atoms. The van der Waals surface area contributed by atoms with Gasteiger partial charge in [-0.25, -0.2) is 0 Å². The molecule has 0 radical (unpaired) electrons. The minimum Gasteiger partial charge on any atom is -0.350 e.